The number of aryl methyl sites for hydroxylation is 1. The third kappa shape index (κ3) is 4.10. The lowest BCUT2D eigenvalue weighted by molar-refractivity contribution is -0.137. The monoisotopic (exact) mass is 310 g/mol. The number of carboxylic acid groups (broad SMARTS) is 1. The summed E-state index contributed by atoms with van der Waals surface area (Å²) in [6.07, 6.45) is 3.87. The number of nitrogens with zero attached hydrogens (tertiary/aromatic N) is 3. The summed E-state index contributed by atoms with van der Waals surface area (Å²) in [4.78, 5) is 14.5. The summed E-state index contributed by atoms with van der Waals surface area (Å²) in [5.41, 5.74) is 1.57. The molecule has 9 heteroatoms. The maximum Gasteiger partial charge on any atom is 0.325 e. The fourth-order valence-corrected chi connectivity index (χ4v) is 2.54. The zero-order valence-corrected chi connectivity index (χ0v) is 12.0. The summed E-state index contributed by atoms with van der Waals surface area (Å²) >= 11 is 0. The molecule has 112 valence electrons. The first-order chi connectivity index (χ1) is 9.87. The maximum absolute atomic E-state index is 12.0. The lowest BCUT2D eigenvalue weighted by atomic mass is 10.2. The lowest BCUT2D eigenvalue weighted by Gasteiger charge is -2.04. The number of pyridine rings is 1. The van der Waals surface area contributed by atoms with Crippen LogP contribution < -0.4 is 4.72 Å². The molecule has 2 aromatic rings. The maximum atomic E-state index is 12.0. The molecule has 0 spiro atoms. The van der Waals surface area contributed by atoms with Gasteiger partial charge in [-0.3, -0.25) is 14.5 Å². The van der Waals surface area contributed by atoms with Gasteiger partial charge < -0.3 is 5.11 Å². The Morgan fingerprint density at radius 3 is 2.76 bits per heavy atom. The largest absolute Gasteiger partial charge is 0.480 e. The molecule has 2 rings (SSSR count). The van der Waals surface area contributed by atoms with Crippen LogP contribution in [0.4, 0.5) is 0 Å². The van der Waals surface area contributed by atoms with Crippen molar-refractivity contribution >= 4 is 16.0 Å². The van der Waals surface area contributed by atoms with E-state index in [4.69, 9.17) is 5.11 Å². The van der Waals surface area contributed by atoms with Crippen LogP contribution in [0.1, 0.15) is 11.3 Å². The fourth-order valence-electron chi connectivity index (χ4n) is 1.57. The molecule has 0 amide bonds. The average Bonchev–Trinajstić information content (AvgIpc) is 2.86. The molecule has 0 unspecified atom stereocenters. The topological polar surface area (TPSA) is 114 Å². The number of carboxylic acids is 1. The second-order valence-corrected chi connectivity index (χ2v) is 6.17. The predicted octanol–water partition coefficient (Wildman–Crippen LogP) is 0.150. The second kappa shape index (κ2) is 6.02. The van der Waals surface area contributed by atoms with Gasteiger partial charge in [0.15, 0.2) is 0 Å². The molecular weight excluding hydrogens is 296 g/mol. The molecule has 8 nitrogen and oxygen atoms in total. The highest BCUT2D eigenvalue weighted by Gasteiger charge is 2.16. The highest BCUT2D eigenvalue weighted by molar-refractivity contribution is 7.89. The Bertz CT molecular complexity index is 737. The van der Waals surface area contributed by atoms with Gasteiger partial charge in [0.2, 0.25) is 10.0 Å². The molecule has 21 heavy (non-hydrogen) atoms. The molecule has 2 heterocycles. The van der Waals surface area contributed by atoms with Crippen molar-refractivity contribution < 1.29 is 18.3 Å². The van der Waals surface area contributed by atoms with E-state index in [-0.39, 0.29) is 11.4 Å². The summed E-state index contributed by atoms with van der Waals surface area (Å²) in [5.74, 6) is -1.10. The molecule has 0 aliphatic rings. The normalized spacial score (nSPS) is 11.5. The minimum atomic E-state index is -3.74. The van der Waals surface area contributed by atoms with E-state index in [0.29, 0.717) is 0 Å². The number of rotatable bonds is 6. The van der Waals surface area contributed by atoms with Crippen molar-refractivity contribution in [1.29, 1.82) is 0 Å². The molecule has 0 aliphatic carbocycles. The van der Waals surface area contributed by atoms with Gasteiger partial charge >= 0.3 is 5.97 Å². The number of hydrogen-bond acceptors (Lipinski definition) is 5. The van der Waals surface area contributed by atoms with E-state index in [9.17, 15) is 13.2 Å². The number of aromatic nitrogens is 3. The highest BCUT2D eigenvalue weighted by atomic mass is 32.2. The summed E-state index contributed by atoms with van der Waals surface area (Å²) in [6.45, 7) is 1.54. The van der Waals surface area contributed by atoms with Crippen LogP contribution in [0.2, 0.25) is 0 Å². The molecule has 0 radical (unpaired) electrons. The third-order valence-corrected chi connectivity index (χ3v) is 4.01. The van der Waals surface area contributed by atoms with E-state index in [1.165, 1.54) is 6.20 Å². The van der Waals surface area contributed by atoms with Gasteiger partial charge in [0, 0.05) is 24.6 Å². The SMILES string of the molecule is Cc1ccc(CNS(=O)(=O)c2cnn(CC(=O)O)c2)cn1. The van der Waals surface area contributed by atoms with Gasteiger partial charge in [-0.15, -0.1) is 0 Å². The Kier molecular flexibility index (Phi) is 4.34. The molecular formula is C12H14N4O4S. The van der Waals surface area contributed by atoms with Crippen molar-refractivity contribution in [2.24, 2.45) is 0 Å². The summed E-state index contributed by atoms with van der Waals surface area (Å²) in [7, 11) is -3.74. The Morgan fingerprint density at radius 2 is 2.14 bits per heavy atom. The number of hydrogen-bond donors (Lipinski definition) is 2. The predicted molar refractivity (Wildman–Crippen MR) is 72.9 cm³/mol. The standard InChI is InChI=1S/C12H14N4O4S/c1-9-2-3-10(4-13-9)5-15-21(19,20)11-6-14-16(7-11)8-12(17)18/h2-4,6-7,15H,5,8H2,1H3,(H,17,18). The van der Waals surface area contributed by atoms with Crippen LogP contribution in [0.25, 0.3) is 0 Å². The molecule has 0 atom stereocenters. The molecule has 2 N–H and O–H groups in total. The second-order valence-electron chi connectivity index (χ2n) is 4.40. The van der Waals surface area contributed by atoms with Crippen molar-refractivity contribution in [2.75, 3.05) is 0 Å². The number of carbonyl (C=O) groups is 1. The Hall–Kier alpha value is -2.26. The first-order valence-corrected chi connectivity index (χ1v) is 7.50. The smallest absolute Gasteiger partial charge is 0.325 e. The molecule has 0 aliphatic heterocycles. The van der Waals surface area contributed by atoms with Gasteiger partial charge in [0.05, 0.1) is 6.20 Å². The molecule has 0 bridgehead atoms. The van der Waals surface area contributed by atoms with E-state index < -0.39 is 22.5 Å². The minimum absolute atomic E-state index is 0.0798. The van der Waals surface area contributed by atoms with Crippen LogP contribution in [0.15, 0.2) is 35.6 Å². The number of nitrogens with one attached hydrogen (secondary N) is 1. The number of aliphatic carboxylic acids is 1. The summed E-state index contributed by atoms with van der Waals surface area (Å²) in [5, 5.41) is 12.3. The van der Waals surface area contributed by atoms with Gasteiger partial charge in [-0.05, 0) is 18.6 Å². The molecule has 0 aromatic carbocycles. The summed E-state index contributed by atoms with van der Waals surface area (Å²) < 4.78 is 27.5. The molecule has 0 fully saturated rings. The first-order valence-electron chi connectivity index (χ1n) is 6.02. The first kappa shape index (κ1) is 15.1. The molecule has 0 saturated carbocycles. The Morgan fingerprint density at radius 1 is 1.38 bits per heavy atom. The fraction of sp³-hybridized carbons (Fsp3) is 0.250. The van der Waals surface area contributed by atoms with Gasteiger partial charge in [-0.25, -0.2) is 13.1 Å². The molecule has 2 aromatic heterocycles. The van der Waals surface area contributed by atoms with Crippen molar-refractivity contribution in [1.82, 2.24) is 19.5 Å². The number of sulfonamides is 1. The van der Waals surface area contributed by atoms with Gasteiger partial charge in [0.25, 0.3) is 0 Å². The van der Waals surface area contributed by atoms with Crippen LogP contribution in [-0.4, -0.2) is 34.3 Å². The van der Waals surface area contributed by atoms with E-state index >= 15 is 0 Å². The van der Waals surface area contributed by atoms with Gasteiger partial charge in [-0.1, -0.05) is 6.07 Å². The quantitative estimate of drug-likeness (QED) is 0.785. The summed E-state index contributed by atoms with van der Waals surface area (Å²) in [6, 6.07) is 3.56. The van der Waals surface area contributed by atoms with E-state index in [1.807, 2.05) is 6.92 Å². The average molecular weight is 310 g/mol. The van der Waals surface area contributed by atoms with Crippen LogP contribution in [0, 0.1) is 6.92 Å². The van der Waals surface area contributed by atoms with Crippen molar-refractivity contribution in [2.45, 2.75) is 24.9 Å². The third-order valence-electron chi connectivity index (χ3n) is 2.66. The van der Waals surface area contributed by atoms with Crippen molar-refractivity contribution in [3.8, 4) is 0 Å². The van der Waals surface area contributed by atoms with Crippen LogP contribution in [0.5, 0.6) is 0 Å². The van der Waals surface area contributed by atoms with E-state index in [2.05, 4.69) is 14.8 Å². The van der Waals surface area contributed by atoms with Crippen LogP contribution in [0.3, 0.4) is 0 Å². The van der Waals surface area contributed by atoms with Crippen molar-refractivity contribution in [3.05, 3.63) is 42.0 Å². The van der Waals surface area contributed by atoms with E-state index in [0.717, 1.165) is 22.1 Å². The lowest BCUT2D eigenvalue weighted by Crippen LogP contribution is -2.23. The molecule has 0 saturated heterocycles. The van der Waals surface area contributed by atoms with Gasteiger partial charge in [-0.2, -0.15) is 5.10 Å². The van der Waals surface area contributed by atoms with Gasteiger partial charge in [0.1, 0.15) is 11.4 Å². The van der Waals surface area contributed by atoms with Crippen molar-refractivity contribution in [3.63, 3.8) is 0 Å². The van der Waals surface area contributed by atoms with E-state index in [1.54, 1.807) is 18.3 Å². The zero-order chi connectivity index (χ0) is 15.5. The van der Waals surface area contributed by atoms with Crippen LogP contribution in [-0.2, 0) is 27.9 Å². The van der Waals surface area contributed by atoms with Crippen LogP contribution >= 0.6 is 0 Å². The Balaban J connectivity index is 2.06. The Labute approximate surface area is 121 Å². The highest BCUT2D eigenvalue weighted by Crippen LogP contribution is 2.08. The minimum Gasteiger partial charge on any atom is -0.480 e. The zero-order valence-electron chi connectivity index (χ0n) is 11.2.